The third kappa shape index (κ3) is 2.58. The van der Waals surface area contributed by atoms with Crippen LogP contribution in [0.1, 0.15) is 44.7 Å². The minimum atomic E-state index is -1.45. The molecule has 0 amide bonds. The van der Waals surface area contributed by atoms with Crippen molar-refractivity contribution < 1.29 is 13.2 Å². The highest BCUT2D eigenvalue weighted by Gasteiger charge is 2.20. The number of benzene rings is 2. The molecule has 0 radical (unpaired) electrons. The first-order valence-corrected chi connectivity index (χ1v) is 6.70. The molecule has 0 unspecified atom stereocenters. The average molecular weight is 280 g/mol. The van der Waals surface area contributed by atoms with Gasteiger partial charge >= 0.3 is 0 Å². The molecule has 2 aromatic rings. The summed E-state index contributed by atoms with van der Waals surface area (Å²) in [6.07, 6.45) is 1.23. The van der Waals surface area contributed by atoms with Gasteiger partial charge in [-0.15, -0.1) is 0 Å². The first-order valence-electron chi connectivity index (χ1n) is 6.70. The van der Waals surface area contributed by atoms with Gasteiger partial charge in [0.1, 0.15) is 0 Å². The van der Waals surface area contributed by atoms with E-state index in [-0.39, 0.29) is 16.9 Å². The minimum Gasteiger partial charge on any atom is -0.203 e. The van der Waals surface area contributed by atoms with Crippen LogP contribution in [-0.2, 0) is 0 Å². The molecule has 0 heterocycles. The zero-order valence-corrected chi connectivity index (χ0v) is 12.2. The number of halogens is 3. The Bertz CT molecular complexity index is 628. The normalized spacial score (nSPS) is 10.4. The van der Waals surface area contributed by atoms with Crippen LogP contribution in [0.4, 0.5) is 13.2 Å². The van der Waals surface area contributed by atoms with E-state index in [4.69, 9.17) is 0 Å². The van der Waals surface area contributed by atoms with Crippen LogP contribution < -0.4 is 0 Å². The van der Waals surface area contributed by atoms with Crippen LogP contribution in [0.25, 0.3) is 16.8 Å². The Morgan fingerprint density at radius 2 is 1.60 bits per heavy atom. The summed E-state index contributed by atoms with van der Waals surface area (Å²) < 4.78 is 41.0. The summed E-state index contributed by atoms with van der Waals surface area (Å²) in [6.45, 7) is 11.3. The summed E-state index contributed by atoms with van der Waals surface area (Å²) in [7, 11) is 0. The predicted octanol–water partition coefficient (Wildman–Crippen LogP) is 6.05. The highest BCUT2D eigenvalue weighted by Crippen LogP contribution is 2.34. The van der Waals surface area contributed by atoms with Crippen molar-refractivity contribution in [3.8, 4) is 0 Å². The Labute approximate surface area is 117 Å². The first-order chi connectivity index (χ1) is 9.49. The molecular formula is C17H19F3. The summed E-state index contributed by atoms with van der Waals surface area (Å²) in [5.74, 6) is -3.69. The van der Waals surface area contributed by atoms with Gasteiger partial charge in [-0.05, 0) is 16.9 Å². The molecule has 0 aliphatic carbocycles. The molecule has 0 N–H and O–H groups in total. The van der Waals surface area contributed by atoms with Gasteiger partial charge in [-0.25, -0.2) is 13.2 Å². The summed E-state index contributed by atoms with van der Waals surface area (Å²) in [5, 5.41) is 0.494. The van der Waals surface area contributed by atoms with E-state index in [2.05, 4.69) is 6.58 Å². The van der Waals surface area contributed by atoms with Crippen molar-refractivity contribution in [1.82, 2.24) is 0 Å². The van der Waals surface area contributed by atoms with Crippen LogP contribution in [0.15, 0.2) is 24.8 Å². The van der Waals surface area contributed by atoms with Crippen molar-refractivity contribution >= 4 is 16.8 Å². The van der Waals surface area contributed by atoms with Gasteiger partial charge in [-0.1, -0.05) is 58.5 Å². The molecule has 0 atom stereocenters. The van der Waals surface area contributed by atoms with Gasteiger partial charge in [0, 0.05) is 10.9 Å². The maximum atomic E-state index is 13.8. The monoisotopic (exact) mass is 280 g/mol. The van der Waals surface area contributed by atoms with Gasteiger partial charge in [0.05, 0.1) is 0 Å². The highest BCUT2D eigenvalue weighted by atomic mass is 19.2. The van der Waals surface area contributed by atoms with Crippen LogP contribution in [0.5, 0.6) is 0 Å². The molecule has 0 fully saturated rings. The Morgan fingerprint density at radius 1 is 1.00 bits per heavy atom. The fourth-order valence-corrected chi connectivity index (χ4v) is 2.17. The van der Waals surface area contributed by atoms with E-state index >= 15 is 0 Å². The fourth-order valence-electron chi connectivity index (χ4n) is 2.17. The molecular weight excluding hydrogens is 261 g/mol. The largest absolute Gasteiger partial charge is 0.203 e. The molecule has 108 valence electrons. The van der Waals surface area contributed by atoms with Gasteiger partial charge in [0.15, 0.2) is 17.5 Å². The quantitative estimate of drug-likeness (QED) is 0.587. The second-order valence-electron chi connectivity index (χ2n) is 4.48. The summed E-state index contributed by atoms with van der Waals surface area (Å²) in [4.78, 5) is 0. The second kappa shape index (κ2) is 6.60. The van der Waals surface area contributed by atoms with Gasteiger partial charge in [0.25, 0.3) is 0 Å². The summed E-state index contributed by atoms with van der Waals surface area (Å²) in [6, 6.07) is 4.88. The lowest BCUT2D eigenvalue weighted by atomic mass is 9.92. The molecule has 0 aromatic heterocycles. The van der Waals surface area contributed by atoms with Crippen LogP contribution in [0, 0.1) is 17.5 Å². The Morgan fingerprint density at radius 3 is 2.10 bits per heavy atom. The maximum absolute atomic E-state index is 13.8. The van der Waals surface area contributed by atoms with E-state index in [0.717, 1.165) is 5.56 Å². The highest BCUT2D eigenvalue weighted by molar-refractivity contribution is 5.94. The summed E-state index contributed by atoms with van der Waals surface area (Å²) >= 11 is 0. The SMILES string of the molecule is C=Cc1c(F)c(F)c(F)c2cccc(C(C)C)c12.CC. The van der Waals surface area contributed by atoms with E-state index in [1.54, 1.807) is 12.1 Å². The number of fused-ring (bicyclic) bond motifs is 1. The lowest BCUT2D eigenvalue weighted by molar-refractivity contribution is 0.452. The van der Waals surface area contributed by atoms with Crippen molar-refractivity contribution in [3.63, 3.8) is 0 Å². The third-order valence-electron chi connectivity index (χ3n) is 3.05. The van der Waals surface area contributed by atoms with Crippen molar-refractivity contribution in [3.05, 3.63) is 53.4 Å². The lowest BCUT2D eigenvalue weighted by Gasteiger charge is -2.14. The Balaban J connectivity index is 0.000000956. The number of hydrogen-bond acceptors (Lipinski definition) is 0. The van der Waals surface area contributed by atoms with Gasteiger partial charge < -0.3 is 0 Å². The molecule has 2 rings (SSSR count). The molecule has 0 saturated carbocycles. The fraction of sp³-hybridized carbons (Fsp3) is 0.294. The molecule has 0 bridgehead atoms. The van der Waals surface area contributed by atoms with Crippen LogP contribution in [-0.4, -0.2) is 0 Å². The topological polar surface area (TPSA) is 0 Å². The maximum Gasteiger partial charge on any atom is 0.195 e. The average Bonchev–Trinajstić information content (AvgIpc) is 2.47. The first kappa shape index (κ1) is 16.3. The molecule has 3 heteroatoms. The molecule has 0 aliphatic heterocycles. The van der Waals surface area contributed by atoms with Gasteiger partial charge in [0.2, 0.25) is 0 Å². The second-order valence-corrected chi connectivity index (χ2v) is 4.48. The summed E-state index contributed by atoms with van der Waals surface area (Å²) in [5.41, 5.74) is 0.799. The molecule has 0 nitrogen and oxygen atoms in total. The van der Waals surface area contributed by atoms with Crippen molar-refractivity contribution in [2.75, 3.05) is 0 Å². The minimum absolute atomic E-state index is 0.0215. The molecule has 0 saturated heterocycles. The molecule has 2 aromatic carbocycles. The molecule has 20 heavy (non-hydrogen) atoms. The predicted molar refractivity (Wildman–Crippen MR) is 79.4 cm³/mol. The number of rotatable bonds is 2. The molecule has 0 spiro atoms. The van der Waals surface area contributed by atoms with Crippen LogP contribution >= 0.6 is 0 Å². The number of hydrogen-bond donors (Lipinski definition) is 0. The van der Waals surface area contributed by atoms with E-state index in [1.165, 1.54) is 12.1 Å². The van der Waals surface area contributed by atoms with Gasteiger partial charge in [-0.3, -0.25) is 0 Å². The van der Waals surface area contributed by atoms with E-state index < -0.39 is 17.5 Å². The van der Waals surface area contributed by atoms with E-state index in [9.17, 15) is 13.2 Å². The zero-order valence-electron chi connectivity index (χ0n) is 12.2. The molecule has 0 aliphatic rings. The third-order valence-corrected chi connectivity index (χ3v) is 3.05. The van der Waals surface area contributed by atoms with Gasteiger partial charge in [-0.2, -0.15) is 0 Å². The Kier molecular flexibility index (Phi) is 5.37. The van der Waals surface area contributed by atoms with E-state index in [1.807, 2.05) is 27.7 Å². The van der Waals surface area contributed by atoms with E-state index in [0.29, 0.717) is 5.39 Å². The van der Waals surface area contributed by atoms with Crippen molar-refractivity contribution in [2.24, 2.45) is 0 Å². The van der Waals surface area contributed by atoms with Crippen LogP contribution in [0.3, 0.4) is 0 Å². The smallest absolute Gasteiger partial charge is 0.195 e. The zero-order chi connectivity index (χ0) is 15.4. The Hall–Kier alpha value is -1.77. The van der Waals surface area contributed by atoms with Crippen molar-refractivity contribution in [1.29, 1.82) is 0 Å². The van der Waals surface area contributed by atoms with Crippen LogP contribution in [0.2, 0.25) is 0 Å². The van der Waals surface area contributed by atoms with Crippen molar-refractivity contribution in [2.45, 2.75) is 33.6 Å². The lowest BCUT2D eigenvalue weighted by Crippen LogP contribution is -2.00. The standard InChI is InChI=1S/C15H13F3.C2H6/c1-4-9-12-10(8(2)3)6-5-7-11(12)14(17)15(18)13(9)16;1-2/h4-8H,1H2,2-3H3;1-2H3.